The van der Waals surface area contributed by atoms with Crippen molar-refractivity contribution in [3.05, 3.63) is 35.4 Å². The Balaban J connectivity index is 2.08. The zero-order valence-electron chi connectivity index (χ0n) is 7.86. The van der Waals surface area contributed by atoms with E-state index in [-0.39, 0.29) is 0 Å². The molecule has 0 saturated heterocycles. The van der Waals surface area contributed by atoms with E-state index < -0.39 is 0 Å². The minimum Gasteiger partial charge on any atom is -0.277 e. The highest BCUT2D eigenvalue weighted by molar-refractivity contribution is 5.79. The van der Waals surface area contributed by atoms with Crippen LogP contribution in [0.15, 0.2) is 24.3 Å². The van der Waals surface area contributed by atoms with Gasteiger partial charge >= 0.3 is 0 Å². The quantitative estimate of drug-likeness (QED) is 0.641. The molecule has 0 aromatic heterocycles. The molecule has 0 amide bonds. The van der Waals surface area contributed by atoms with Gasteiger partial charge in [-0.3, -0.25) is 4.84 Å². The van der Waals surface area contributed by atoms with Crippen LogP contribution in [-0.4, -0.2) is 17.6 Å². The fourth-order valence-electron chi connectivity index (χ4n) is 1.46. The number of fused-ring (bicyclic) bond motifs is 1. The Kier molecular flexibility index (Phi) is 2.30. The SMILES string of the molecule is CCCO[N+]1=Cc2ccccc2C1. The van der Waals surface area contributed by atoms with Crippen molar-refractivity contribution in [3.63, 3.8) is 0 Å². The van der Waals surface area contributed by atoms with Gasteiger partial charge in [-0.2, -0.15) is 0 Å². The van der Waals surface area contributed by atoms with E-state index in [1.807, 2.05) is 4.74 Å². The van der Waals surface area contributed by atoms with Crippen LogP contribution in [0, 0.1) is 0 Å². The third-order valence-corrected chi connectivity index (χ3v) is 2.13. The second-order valence-corrected chi connectivity index (χ2v) is 3.24. The summed E-state index contributed by atoms with van der Waals surface area (Å²) < 4.78 is 1.91. The first kappa shape index (κ1) is 8.30. The third-order valence-electron chi connectivity index (χ3n) is 2.13. The summed E-state index contributed by atoms with van der Waals surface area (Å²) in [5, 5.41) is 0. The van der Waals surface area contributed by atoms with Gasteiger partial charge in [0, 0.05) is 5.56 Å². The highest BCUT2D eigenvalue weighted by Gasteiger charge is 2.19. The summed E-state index contributed by atoms with van der Waals surface area (Å²) >= 11 is 0. The summed E-state index contributed by atoms with van der Waals surface area (Å²) in [6.45, 7) is 3.80. The van der Waals surface area contributed by atoms with E-state index in [0.717, 1.165) is 19.6 Å². The summed E-state index contributed by atoms with van der Waals surface area (Å²) in [5.74, 6) is 0. The van der Waals surface area contributed by atoms with Crippen LogP contribution in [0.3, 0.4) is 0 Å². The van der Waals surface area contributed by atoms with Crippen molar-refractivity contribution in [1.82, 2.24) is 0 Å². The highest BCUT2D eigenvalue weighted by Crippen LogP contribution is 2.13. The van der Waals surface area contributed by atoms with Crippen LogP contribution in [0.5, 0.6) is 0 Å². The molecule has 0 N–H and O–H groups in total. The van der Waals surface area contributed by atoms with Crippen molar-refractivity contribution in [2.75, 3.05) is 6.61 Å². The molecule has 2 nitrogen and oxygen atoms in total. The molecule has 0 saturated carbocycles. The zero-order chi connectivity index (χ0) is 9.10. The summed E-state index contributed by atoms with van der Waals surface area (Å²) in [5.41, 5.74) is 2.62. The van der Waals surface area contributed by atoms with Crippen LogP contribution >= 0.6 is 0 Å². The molecular formula is C11H14NO+. The first-order valence-corrected chi connectivity index (χ1v) is 4.72. The lowest BCUT2D eigenvalue weighted by atomic mass is 10.1. The molecule has 13 heavy (non-hydrogen) atoms. The Morgan fingerprint density at radius 3 is 3.00 bits per heavy atom. The molecule has 0 spiro atoms. The molecule has 0 fully saturated rings. The first-order valence-electron chi connectivity index (χ1n) is 4.72. The van der Waals surface area contributed by atoms with Crippen molar-refractivity contribution in [1.29, 1.82) is 0 Å². The molecule has 0 bridgehead atoms. The van der Waals surface area contributed by atoms with Gasteiger partial charge in [0.05, 0.1) is 5.56 Å². The van der Waals surface area contributed by atoms with E-state index in [1.165, 1.54) is 11.1 Å². The number of nitrogens with zero attached hydrogens (tertiary/aromatic N) is 1. The molecule has 1 aromatic rings. The van der Waals surface area contributed by atoms with Crippen molar-refractivity contribution < 1.29 is 9.58 Å². The summed E-state index contributed by atoms with van der Waals surface area (Å²) in [6, 6.07) is 8.38. The van der Waals surface area contributed by atoms with E-state index in [0.29, 0.717) is 0 Å². The van der Waals surface area contributed by atoms with Gasteiger partial charge in [-0.15, -0.1) is 0 Å². The smallest absolute Gasteiger partial charge is 0.223 e. The third kappa shape index (κ3) is 1.72. The van der Waals surface area contributed by atoms with Crippen molar-refractivity contribution >= 4 is 6.21 Å². The molecule has 0 aliphatic carbocycles. The van der Waals surface area contributed by atoms with Crippen LogP contribution in [0.1, 0.15) is 24.5 Å². The Labute approximate surface area is 78.4 Å². The molecule has 1 heterocycles. The van der Waals surface area contributed by atoms with E-state index in [2.05, 4.69) is 37.4 Å². The maximum Gasteiger partial charge on any atom is 0.223 e. The van der Waals surface area contributed by atoms with Crippen LogP contribution in [0.4, 0.5) is 0 Å². The molecule has 1 aliphatic rings. The minimum atomic E-state index is 0.796. The minimum absolute atomic E-state index is 0.796. The predicted molar refractivity (Wildman–Crippen MR) is 51.8 cm³/mol. The molecule has 68 valence electrons. The lowest BCUT2D eigenvalue weighted by Gasteiger charge is -1.95. The zero-order valence-corrected chi connectivity index (χ0v) is 7.86. The Bertz CT molecular complexity index is 331. The van der Waals surface area contributed by atoms with E-state index >= 15 is 0 Å². The van der Waals surface area contributed by atoms with Gasteiger partial charge in [-0.25, -0.2) is 0 Å². The van der Waals surface area contributed by atoms with Crippen LogP contribution in [-0.2, 0) is 11.4 Å². The largest absolute Gasteiger partial charge is 0.277 e. The predicted octanol–water partition coefficient (Wildman–Crippen LogP) is 1.97. The molecule has 0 unspecified atom stereocenters. The number of hydroxylamine groups is 1. The Morgan fingerprint density at radius 1 is 1.38 bits per heavy atom. The fraction of sp³-hybridized carbons (Fsp3) is 0.364. The standard InChI is InChI=1S/C11H14NO/c1-2-7-13-12-8-10-5-3-4-6-11(10)9-12/h3-6,8H,2,7,9H2,1H3/q+1. The lowest BCUT2D eigenvalue weighted by Crippen LogP contribution is -2.09. The average molecular weight is 176 g/mol. The van der Waals surface area contributed by atoms with Gasteiger partial charge in [0.15, 0.2) is 6.61 Å². The molecule has 0 radical (unpaired) electrons. The van der Waals surface area contributed by atoms with Gasteiger partial charge in [-0.1, -0.05) is 25.1 Å². The molecular weight excluding hydrogens is 162 g/mol. The van der Waals surface area contributed by atoms with Crippen molar-refractivity contribution in [2.45, 2.75) is 19.9 Å². The van der Waals surface area contributed by atoms with E-state index in [1.54, 1.807) is 0 Å². The molecule has 0 atom stereocenters. The molecule has 1 aliphatic heterocycles. The van der Waals surface area contributed by atoms with Gasteiger partial charge < -0.3 is 0 Å². The number of hydrogen-bond acceptors (Lipinski definition) is 1. The average Bonchev–Trinajstić information content (AvgIpc) is 2.57. The van der Waals surface area contributed by atoms with E-state index in [9.17, 15) is 0 Å². The topological polar surface area (TPSA) is 12.2 Å². The second-order valence-electron chi connectivity index (χ2n) is 3.24. The number of rotatable bonds is 3. The monoisotopic (exact) mass is 176 g/mol. The van der Waals surface area contributed by atoms with Gasteiger partial charge in [0.2, 0.25) is 12.8 Å². The van der Waals surface area contributed by atoms with Crippen molar-refractivity contribution in [3.8, 4) is 0 Å². The van der Waals surface area contributed by atoms with E-state index in [4.69, 9.17) is 4.84 Å². The first-order chi connectivity index (χ1) is 6.40. The maximum atomic E-state index is 5.51. The number of hydrogen-bond donors (Lipinski definition) is 0. The van der Waals surface area contributed by atoms with Gasteiger partial charge in [-0.05, 0) is 17.2 Å². The maximum absolute atomic E-state index is 5.51. The summed E-state index contributed by atoms with van der Waals surface area (Å²) in [4.78, 5) is 5.51. The lowest BCUT2D eigenvalue weighted by molar-refractivity contribution is -0.793. The highest BCUT2D eigenvalue weighted by atomic mass is 16.7. The van der Waals surface area contributed by atoms with Crippen LogP contribution in [0.2, 0.25) is 0 Å². The Hall–Kier alpha value is -1.31. The molecule has 2 heteroatoms. The second kappa shape index (κ2) is 3.60. The normalized spacial score (nSPS) is 13.8. The molecule has 1 aromatic carbocycles. The summed E-state index contributed by atoms with van der Waals surface area (Å²) in [7, 11) is 0. The Morgan fingerprint density at radius 2 is 2.23 bits per heavy atom. The van der Waals surface area contributed by atoms with Gasteiger partial charge in [0.25, 0.3) is 0 Å². The van der Waals surface area contributed by atoms with Crippen LogP contribution < -0.4 is 0 Å². The fourth-order valence-corrected chi connectivity index (χ4v) is 1.46. The van der Waals surface area contributed by atoms with Crippen LogP contribution in [0.25, 0.3) is 0 Å². The van der Waals surface area contributed by atoms with Crippen molar-refractivity contribution in [2.24, 2.45) is 0 Å². The van der Waals surface area contributed by atoms with Gasteiger partial charge in [0.1, 0.15) is 0 Å². The molecule has 2 rings (SSSR count). The summed E-state index contributed by atoms with van der Waals surface area (Å²) in [6.07, 6.45) is 3.12. The number of benzene rings is 1.